The highest BCUT2D eigenvalue weighted by atomic mass is 127. The maximum absolute atomic E-state index is 12.4. The van der Waals surface area contributed by atoms with Crippen LogP contribution in [0.4, 0.5) is 11.4 Å². The molecule has 0 saturated heterocycles. The number of nitro benzene ring substituents is 1. The van der Waals surface area contributed by atoms with Gasteiger partial charge in [0, 0.05) is 17.8 Å². The van der Waals surface area contributed by atoms with Crippen molar-refractivity contribution in [3.05, 3.63) is 61.2 Å². The maximum atomic E-state index is 12.4. The van der Waals surface area contributed by atoms with Gasteiger partial charge < -0.3 is 14.8 Å². The first kappa shape index (κ1) is 22.2. The topological polar surface area (TPSA) is 114 Å². The van der Waals surface area contributed by atoms with Crippen molar-refractivity contribution in [3.8, 4) is 17.6 Å². The molecule has 2 rings (SSSR count). The van der Waals surface area contributed by atoms with E-state index in [9.17, 15) is 20.2 Å². The van der Waals surface area contributed by atoms with E-state index in [0.29, 0.717) is 36.0 Å². The molecule has 9 heteroatoms. The maximum Gasteiger partial charge on any atom is 0.269 e. The van der Waals surface area contributed by atoms with Crippen LogP contribution in [0.1, 0.15) is 19.4 Å². The Hall–Kier alpha value is -3.13. The molecule has 1 amide bonds. The summed E-state index contributed by atoms with van der Waals surface area (Å²) in [7, 11) is 0. The molecule has 0 aliphatic heterocycles. The lowest BCUT2D eigenvalue weighted by atomic mass is 10.1. The molecule has 29 heavy (non-hydrogen) atoms. The van der Waals surface area contributed by atoms with Gasteiger partial charge in [-0.05, 0) is 72.3 Å². The van der Waals surface area contributed by atoms with Gasteiger partial charge in [0.05, 0.1) is 21.7 Å². The average Bonchev–Trinajstić information content (AvgIpc) is 2.69. The number of nitriles is 1. The van der Waals surface area contributed by atoms with Crippen LogP contribution in [0.5, 0.6) is 11.5 Å². The van der Waals surface area contributed by atoms with Crippen LogP contribution >= 0.6 is 22.6 Å². The van der Waals surface area contributed by atoms with E-state index < -0.39 is 10.8 Å². The van der Waals surface area contributed by atoms with Crippen LogP contribution in [-0.4, -0.2) is 24.0 Å². The molecule has 0 heterocycles. The second-order valence-electron chi connectivity index (χ2n) is 5.62. The molecular weight excluding hydrogens is 489 g/mol. The summed E-state index contributed by atoms with van der Waals surface area (Å²) in [5.74, 6) is 0.518. The number of carbonyl (C=O) groups excluding carboxylic acids is 1. The summed E-state index contributed by atoms with van der Waals surface area (Å²) >= 11 is 2.10. The fraction of sp³-hybridized carbons (Fsp3) is 0.200. The van der Waals surface area contributed by atoms with E-state index in [1.165, 1.54) is 30.3 Å². The smallest absolute Gasteiger partial charge is 0.269 e. The van der Waals surface area contributed by atoms with E-state index >= 15 is 0 Å². The summed E-state index contributed by atoms with van der Waals surface area (Å²) < 4.78 is 12.0. The van der Waals surface area contributed by atoms with E-state index in [0.717, 1.165) is 3.57 Å². The van der Waals surface area contributed by atoms with Gasteiger partial charge >= 0.3 is 0 Å². The molecule has 0 fully saturated rings. The highest BCUT2D eigenvalue weighted by Crippen LogP contribution is 2.35. The Morgan fingerprint density at radius 1 is 1.24 bits per heavy atom. The Morgan fingerprint density at radius 2 is 1.90 bits per heavy atom. The molecule has 0 aromatic heterocycles. The molecule has 0 spiro atoms. The van der Waals surface area contributed by atoms with Crippen LogP contribution in [0.3, 0.4) is 0 Å². The lowest BCUT2D eigenvalue weighted by molar-refractivity contribution is -0.384. The second-order valence-corrected chi connectivity index (χ2v) is 6.79. The Balaban J connectivity index is 2.29. The quantitative estimate of drug-likeness (QED) is 0.185. The number of anilines is 1. The van der Waals surface area contributed by atoms with Gasteiger partial charge in [-0.1, -0.05) is 0 Å². The highest BCUT2D eigenvalue weighted by molar-refractivity contribution is 14.1. The van der Waals surface area contributed by atoms with Crippen molar-refractivity contribution in [1.29, 1.82) is 5.26 Å². The van der Waals surface area contributed by atoms with Gasteiger partial charge in [0.1, 0.15) is 11.6 Å². The third-order valence-corrected chi connectivity index (χ3v) is 4.43. The number of nitro groups is 1. The van der Waals surface area contributed by atoms with Crippen molar-refractivity contribution in [2.24, 2.45) is 0 Å². The van der Waals surface area contributed by atoms with Crippen molar-refractivity contribution in [3.63, 3.8) is 0 Å². The minimum Gasteiger partial charge on any atom is -0.490 e. The van der Waals surface area contributed by atoms with Crippen LogP contribution in [-0.2, 0) is 4.79 Å². The zero-order valence-electron chi connectivity index (χ0n) is 15.8. The molecule has 0 unspecified atom stereocenters. The standard InChI is InChI=1S/C20H18IN3O5/c1-3-28-18-11-13(10-17(21)19(18)29-4-2)9-14(12-22)20(25)23-15-5-7-16(8-6-15)24(26)27/h5-11H,3-4H2,1-2H3,(H,23,25)/b14-9+. The summed E-state index contributed by atoms with van der Waals surface area (Å²) in [4.78, 5) is 22.6. The van der Waals surface area contributed by atoms with Crippen molar-refractivity contribution < 1.29 is 19.2 Å². The minimum absolute atomic E-state index is 0.0912. The number of rotatable bonds is 8. The molecule has 0 bridgehead atoms. The van der Waals surface area contributed by atoms with Gasteiger partial charge in [0.15, 0.2) is 11.5 Å². The summed E-state index contributed by atoms with van der Waals surface area (Å²) in [6.07, 6.45) is 1.45. The van der Waals surface area contributed by atoms with Crippen LogP contribution in [0.15, 0.2) is 42.0 Å². The third-order valence-electron chi connectivity index (χ3n) is 3.63. The summed E-state index contributed by atoms with van der Waals surface area (Å²) in [6.45, 7) is 4.64. The zero-order valence-corrected chi connectivity index (χ0v) is 17.9. The molecule has 0 radical (unpaired) electrons. The van der Waals surface area contributed by atoms with Crippen molar-refractivity contribution in [2.45, 2.75) is 13.8 Å². The van der Waals surface area contributed by atoms with Gasteiger partial charge in [0.25, 0.3) is 11.6 Å². The fourth-order valence-electron chi connectivity index (χ4n) is 2.40. The third kappa shape index (κ3) is 5.92. The highest BCUT2D eigenvalue weighted by Gasteiger charge is 2.14. The number of benzene rings is 2. The predicted octanol–water partition coefficient (Wildman–Crippen LogP) is 4.54. The van der Waals surface area contributed by atoms with E-state index in [2.05, 4.69) is 27.9 Å². The second kappa shape index (κ2) is 10.4. The average molecular weight is 507 g/mol. The first-order chi connectivity index (χ1) is 13.9. The van der Waals surface area contributed by atoms with Gasteiger partial charge in [-0.2, -0.15) is 5.26 Å². The monoisotopic (exact) mass is 507 g/mol. The van der Waals surface area contributed by atoms with Gasteiger partial charge in [0.2, 0.25) is 0 Å². The van der Waals surface area contributed by atoms with Gasteiger partial charge in [-0.3, -0.25) is 14.9 Å². The Bertz CT molecular complexity index is 981. The predicted molar refractivity (Wildman–Crippen MR) is 117 cm³/mol. The Kier molecular flexibility index (Phi) is 7.97. The van der Waals surface area contributed by atoms with Crippen LogP contribution in [0.2, 0.25) is 0 Å². The van der Waals surface area contributed by atoms with Crippen molar-refractivity contribution >= 4 is 45.9 Å². The van der Waals surface area contributed by atoms with E-state index in [-0.39, 0.29) is 11.3 Å². The van der Waals surface area contributed by atoms with Gasteiger partial charge in [-0.25, -0.2) is 0 Å². The first-order valence-electron chi connectivity index (χ1n) is 8.66. The number of non-ortho nitro benzene ring substituents is 1. The molecule has 0 aliphatic carbocycles. The number of carbonyl (C=O) groups is 1. The number of hydrogen-bond donors (Lipinski definition) is 1. The molecule has 2 aromatic rings. The lowest BCUT2D eigenvalue weighted by Gasteiger charge is -2.13. The Morgan fingerprint density at radius 3 is 2.45 bits per heavy atom. The minimum atomic E-state index is -0.622. The molecule has 2 aromatic carbocycles. The number of hydrogen-bond acceptors (Lipinski definition) is 6. The molecule has 0 atom stereocenters. The van der Waals surface area contributed by atoms with Crippen LogP contribution in [0.25, 0.3) is 6.08 Å². The molecule has 150 valence electrons. The van der Waals surface area contributed by atoms with Crippen LogP contribution in [0, 0.1) is 25.0 Å². The van der Waals surface area contributed by atoms with Crippen molar-refractivity contribution in [1.82, 2.24) is 0 Å². The van der Waals surface area contributed by atoms with Crippen LogP contribution < -0.4 is 14.8 Å². The van der Waals surface area contributed by atoms with Crippen molar-refractivity contribution in [2.75, 3.05) is 18.5 Å². The number of nitrogens with one attached hydrogen (secondary N) is 1. The van der Waals surface area contributed by atoms with E-state index in [4.69, 9.17) is 9.47 Å². The number of amides is 1. The summed E-state index contributed by atoms with van der Waals surface area (Å²) in [5, 5.41) is 22.7. The summed E-state index contributed by atoms with van der Waals surface area (Å²) in [6, 6.07) is 10.7. The zero-order chi connectivity index (χ0) is 21.4. The fourth-order valence-corrected chi connectivity index (χ4v) is 3.18. The van der Waals surface area contributed by atoms with E-state index in [1.807, 2.05) is 19.9 Å². The Labute approximate surface area is 181 Å². The molecule has 8 nitrogen and oxygen atoms in total. The molecule has 1 N–H and O–H groups in total. The number of ether oxygens (including phenoxy) is 2. The summed E-state index contributed by atoms with van der Waals surface area (Å²) in [5.41, 5.74) is 0.743. The van der Waals surface area contributed by atoms with Gasteiger partial charge in [-0.15, -0.1) is 0 Å². The number of nitrogens with zero attached hydrogens (tertiary/aromatic N) is 2. The SMILES string of the molecule is CCOc1cc(/C=C(\C#N)C(=O)Nc2ccc([N+](=O)[O-])cc2)cc(I)c1OCC. The first-order valence-corrected chi connectivity index (χ1v) is 9.74. The largest absolute Gasteiger partial charge is 0.490 e. The van der Waals surface area contributed by atoms with E-state index in [1.54, 1.807) is 12.1 Å². The molecular formula is C20H18IN3O5. The normalized spacial score (nSPS) is 10.8. The lowest BCUT2D eigenvalue weighted by Crippen LogP contribution is -2.13. The number of halogens is 1. The molecule has 0 saturated carbocycles. The molecule has 0 aliphatic rings.